The first-order chi connectivity index (χ1) is 15.5. The van der Waals surface area contributed by atoms with Gasteiger partial charge in [-0.1, -0.05) is 10.9 Å². The zero-order chi connectivity index (χ0) is 22.8. The number of ether oxygens (including phenoxy) is 1. The number of fused-ring (bicyclic) bond motifs is 1. The molecule has 0 radical (unpaired) electrons. The minimum absolute atomic E-state index is 0.141. The summed E-state index contributed by atoms with van der Waals surface area (Å²) in [7, 11) is 1.73. The third kappa shape index (κ3) is 7.80. The van der Waals surface area contributed by atoms with E-state index in [4.69, 9.17) is 20.3 Å². The number of aryl methyl sites for hydroxylation is 2. The topological polar surface area (TPSA) is 108 Å². The van der Waals surface area contributed by atoms with Gasteiger partial charge in [0.15, 0.2) is 0 Å². The van der Waals surface area contributed by atoms with E-state index >= 15 is 0 Å². The summed E-state index contributed by atoms with van der Waals surface area (Å²) in [6, 6.07) is 4.38. The van der Waals surface area contributed by atoms with Gasteiger partial charge in [-0.15, -0.1) is 5.10 Å². The maximum atomic E-state index is 12.0. The molecule has 32 heavy (non-hydrogen) atoms. The van der Waals surface area contributed by atoms with E-state index in [0.717, 1.165) is 68.2 Å². The van der Waals surface area contributed by atoms with Crippen LogP contribution in [0.3, 0.4) is 0 Å². The number of hydrogen-bond donors (Lipinski definition) is 2. The van der Waals surface area contributed by atoms with E-state index < -0.39 is 0 Å². The summed E-state index contributed by atoms with van der Waals surface area (Å²) in [5.41, 5.74) is 8.51. The molecule has 0 aromatic carbocycles. The van der Waals surface area contributed by atoms with Gasteiger partial charge >= 0.3 is 5.97 Å². The highest BCUT2D eigenvalue weighted by Crippen LogP contribution is 2.20. The number of aromatic nitrogens is 3. The van der Waals surface area contributed by atoms with Gasteiger partial charge in [-0.3, -0.25) is 0 Å². The van der Waals surface area contributed by atoms with Crippen LogP contribution in [0.15, 0.2) is 24.5 Å². The summed E-state index contributed by atoms with van der Waals surface area (Å²) in [6.07, 6.45) is 9.50. The van der Waals surface area contributed by atoms with Crippen LogP contribution in [0.1, 0.15) is 50.3 Å². The third-order valence-corrected chi connectivity index (χ3v) is 5.66. The van der Waals surface area contributed by atoms with Crippen molar-refractivity contribution in [3.05, 3.63) is 35.8 Å². The lowest BCUT2D eigenvalue weighted by Gasteiger charge is -2.25. The van der Waals surface area contributed by atoms with E-state index in [1.165, 1.54) is 24.4 Å². The van der Waals surface area contributed by atoms with E-state index in [2.05, 4.69) is 34.4 Å². The van der Waals surface area contributed by atoms with E-state index in [-0.39, 0.29) is 12.1 Å². The summed E-state index contributed by atoms with van der Waals surface area (Å²) in [6.45, 7) is 5.68. The molecule has 0 saturated heterocycles. The Bertz CT molecular complexity index is 856. The van der Waals surface area contributed by atoms with Gasteiger partial charge in [0.2, 0.25) is 0 Å². The Labute approximate surface area is 190 Å². The average Bonchev–Trinajstić information content (AvgIpc) is 3.20. The second-order valence-corrected chi connectivity index (χ2v) is 8.39. The maximum Gasteiger partial charge on any atom is 0.335 e. The molecule has 1 atom stereocenters. The van der Waals surface area contributed by atoms with Crippen LogP contribution in [-0.4, -0.2) is 65.2 Å². The largest absolute Gasteiger partial charge is 0.396 e. The number of anilines is 2. The number of carbonyl (C=O) groups is 1. The first kappa shape index (κ1) is 24.0. The molecule has 3 heterocycles. The van der Waals surface area contributed by atoms with Gasteiger partial charge in [-0.2, -0.15) is 0 Å². The molecule has 0 bridgehead atoms. The van der Waals surface area contributed by atoms with Crippen molar-refractivity contribution in [3.8, 4) is 0 Å². The smallest absolute Gasteiger partial charge is 0.335 e. The summed E-state index contributed by atoms with van der Waals surface area (Å²) in [4.78, 5) is 25.4. The van der Waals surface area contributed by atoms with E-state index in [1.807, 2.05) is 0 Å². The first-order valence-electron chi connectivity index (χ1n) is 11.5. The Morgan fingerprint density at radius 2 is 2.16 bits per heavy atom. The van der Waals surface area contributed by atoms with Gasteiger partial charge < -0.3 is 25.5 Å². The number of pyridine rings is 1. The van der Waals surface area contributed by atoms with Gasteiger partial charge in [-0.05, 0) is 70.2 Å². The number of nitrogen functional groups attached to an aromatic ring is 1. The Hall–Kier alpha value is -2.65. The molecule has 2 aromatic rings. The van der Waals surface area contributed by atoms with Crippen LogP contribution in [0.25, 0.3) is 0 Å². The van der Waals surface area contributed by atoms with Crippen LogP contribution in [0.2, 0.25) is 0 Å². The second kappa shape index (κ2) is 12.4. The molecule has 176 valence electrons. The molecule has 0 aliphatic carbocycles. The number of nitrogens with two attached hydrogens (primary N) is 1. The molecular formula is C23H36N6O3. The SMILES string of the molecule is CO[C@H](C)CN(CCCCc1ccc2c(n1)NCCC2)CCCC(=O)On1cc(N)cn1. The fourth-order valence-electron chi connectivity index (χ4n) is 3.85. The van der Waals surface area contributed by atoms with Gasteiger partial charge in [0.1, 0.15) is 5.82 Å². The van der Waals surface area contributed by atoms with Crippen molar-refractivity contribution in [2.45, 2.75) is 58.0 Å². The number of nitrogens with one attached hydrogen (secondary N) is 1. The Kier molecular flexibility index (Phi) is 9.30. The highest BCUT2D eigenvalue weighted by Gasteiger charge is 2.13. The highest BCUT2D eigenvalue weighted by molar-refractivity contribution is 5.69. The van der Waals surface area contributed by atoms with Crippen LogP contribution < -0.4 is 15.9 Å². The zero-order valence-corrected chi connectivity index (χ0v) is 19.3. The van der Waals surface area contributed by atoms with Gasteiger partial charge in [0.25, 0.3) is 0 Å². The van der Waals surface area contributed by atoms with E-state index in [0.29, 0.717) is 18.5 Å². The minimum Gasteiger partial charge on any atom is -0.396 e. The number of unbranched alkanes of at least 4 members (excludes halogenated alkanes) is 1. The Morgan fingerprint density at radius 1 is 1.31 bits per heavy atom. The van der Waals surface area contributed by atoms with Crippen LogP contribution in [-0.2, 0) is 22.4 Å². The molecular weight excluding hydrogens is 408 g/mol. The van der Waals surface area contributed by atoms with Crippen LogP contribution in [0, 0.1) is 0 Å². The monoisotopic (exact) mass is 444 g/mol. The average molecular weight is 445 g/mol. The molecule has 0 fully saturated rings. The van der Waals surface area contributed by atoms with Crippen molar-refractivity contribution < 1.29 is 14.4 Å². The van der Waals surface area contributed by atoms with Gasteiger partial charge in [-0.25, -0.2) is 9.78 Å². The van der Waals surface area contributed by atoms with Crippen molar-refractivity contribution in [3.63, 3.8) is 0 Å². The highest BCUT2D eigenvalue weighted by atomic mass is 16.7. The normalized spacial score (nSPS) is 14.1. The fourth-order valence-corrected chi connectivity index (χ4v) is 3.85. The van der Waals surface area contributed by atoms with Gasteiger partial charge in [0, 0.05) is 32.3 Å². The molecule has 0 spiro atoms. The standard InChI is InChI=1S/C23H36N6O3/c1-18(31-2)16-28(14-6-9-22(30)32-29-17-20(24)15-26-29)13-4-3-8-21-11-10-19-7-5-12-25-23(19)27-21/h10-11,15,17-18H,3-9,12-14,16,24H2,1-2H3,(H,25,27)/t18-/m1/s1. The molecule has 3 rings (SSSR count). The lowest BCUT2D eigenvalue weighted by molar-refractivity contribution is -0.146. The number of nitrogens with zero attached hydrogens (tertiary/aromatic N) is 4. The third-order valence-electron chi connectivity index (χ3n) is 5.66. The number of rotatable bonds is 13. The molecule has 0 unspecified atom stereocenters. The van der Waals surface area contributed by atoms with Crippen molar-refractivity contribution in [1.29, 1.82) is 0 Å². The summed E-state index contributed by atoms with van der Waals surface area (Å²) < 4.78 is 5.44. The predicted octanol–water partition coefficient (Wildman–Crippen LogP) is 2.31. The molecule has 9 heteroatoms. The van der Waals surface area contributed by atoms with Crippen molar-refractivity contribution >= 4 is 17.5 Å². The van der Waals surface area contributed by atoms with Crippen LogP contribution in [0.5, 0.6) is 0 Å². The zero-order valence-electron chi connectivity index (χ0n) is 19.3. The summed E-state index contributed by atoms with van der Waals surface area (Å²) in [5, 5.41) is 7.27. The predicted molar refractivity (Wildman–Crippen MR) is 124 cm³/mol. The van der Waals surface area contributed by atoms with E-state index in [9.17, 15) is 4.79 Å². The first-order valence-corrected chi connectivity index (χ1v) is 11.5. The number of carbonyl (C=O) groups excluding carboxylic acids is 1. The quantitative estimate of drug-likeness (QED) is 0.453. The lowest BCUT2D eigenvalue weighted by atomic mass is 10.1. The summed E-state index contributed by atoms with van der Waals surface area (Å²) >= 11 is 0. The van der Waals surface area contributed by atoms with Crippen LogP contribution >= 0.6 is 0 Å². The number of hydrogen-bond acceptors (Lipinski definition) is 8. The second-order valence-electron chi connectivity index (χ2n) is 8.39. The molecule has 3 N–H and O–H groups in total. The minimum atomic E-state index is -0.320. The fraction of sp³-hybridized carbons (Fsp3) is 0.609. The molecule has 1 aliphatic rings. The molecule has 9 nitrogen and oxygen atoms in total. The Balaban J connectivity index is 1.39. The molecule has 0 saturated carbocycles. The molecule has 0 amide bonds. The van der Waals surface area contributed by atoms with Crippen molar-refractivity contribution in [2.75, 3.05) is 44.3 Å². The van der Waals surface area contributed by atoms with Crippen molar-refractivity contribution in [1.82, 2.24) is 19.8 Å². The number of methoxy groups -OCH3 is 1. The molecule has 1 aliphatic heterocycles. The van der Waals surface area contributed by atoms with Crippen LogP contribution in [0.4, 0.5) is 11.5 Å². The molecule has 2 aromatic heterocycles. The maximum absolute atomic E-state index is 12.0. The summed E-state index contributed by atoms with van der Waals surface area (Å²) in [5.74, 6) is 0.744. The van der Waals surface area contributed by atoms with Gasteiger partial charge in [0.05, 0.1) is 24.2 Å². The van der Waals surface area contributed by atoms with Crippen molar-refractivity contribution in [2.24, 2.45) is 0 Å². The lowest BCUT2D eigenvalue weighted by Crippen LogP contribution is -2.34. The van der Waals surface area contributed by atoms with E-state index in [1.54, 1.807) is 7.11 Å². The Morgan fingerprint density at radius 3 is 2.94 bits per heavy atom.